The molecule has 1 unspecified atom stereocenters. The van der Waals surface area contributed by atoms with E-state index in [0.29, 0.717) is 0 Å². The molecule has 0 fully saturated rings. The zero-order valence-electron chi connectivity index (χ0n) is 2.30. The molecular formula is CH6AsGaO2Se. The minimum atomic E-state index is -0.701. The van der Waals surface area contributed by atoms with Gasteiger partial charge in [0.25, 0.3) is 0 Å². The van der Waals surface area contributed by atoms with Gasteiger partial charge in [0.2, 0.25) is 0 Å². The molecule has 0 amide bonds. The Kier molecular flexibility index (Phi) is 10.5. The molecule has 0 heterocycles. The molecule has 0 saturated heterocycles. The Morgan fingerprint density at radius 2 is 2.00 bits per heavy atom. The van der Waals surface area contributed by atoms with E-state index in [1.807, 2.05) is 0 Å². The van der Waals surface area contributed by atoms with E-state index in [1.54, 1.807) is 0 Å². The fourth-order valence-electron chi connectivity index (χ4n) is 0. The topological polar surface area (TPSA) is 37.3 Å². The van der Waals surface area contributed by atoms with Crippen LogP contribution < -0.4 is 0 Å². The van der Waals surface area contributed by atoms with Crippen LogP contribution in [0.3, 0.4) is 0 Å². The Balaban J connectivity index is 0. The van der Waals surface area contributed by atoms with Crippen LogP contribution in [0.1, 0.15) is 0 Å². The van der Waals surface area contributed by atoms with E-state index < -0.39 is 18.6 Å². The molecule has 0 aliphatic heterocycles. The first-order valence-electron chi connectivity index (χ1n) is 0.901. The SMILES string of the molecule is O=C(O)[AsH][SeH].[GaH3]. The maximum atomic E-state index is 9.41. The summed E-state index contributed by atoms with van der Waals surface area (Å²) in [5.41, 5.74) is 0. The van der Waals surface area contributed by atoms with Crippen LogP contribution >= 0.6 is 0 Å². The summed E-state index contributed by atoms with van der Waals surface area (Å²) in [6, 6.07) is 0. The predicted molar refractivity (Wildman–Crippen MR) is 32.3 cm³/mol. The summed E-state index contributed by atoms with van der Waals surface area (Å²) in [5.74, 6) is 0. The molecule has 0 aliphatic carbocycles. The number of hydrogen-bond donors (Lipinski definition) is 1. The normalized spacial score (nSPS) is 8.17. The van der Waals surface area contributed by atoms with Crippen LogP contribution in [0.2, 0.25) is 0 Å². The van der Waals surface area contributed by atoms with Crippen molar-refractivity contribution in [3.63, 3.8) is 0 Å². The van der Waals surface area contributed by atoms with Gasteiger partial charge in [-0.05, 0) is 0 Å². The van der Waals surface area contributed by atoms with Gasteiger partial charge in [0, 0.05) is 0 Å². The third kappa shape index (κ3) is 8.95. The molecule has 5 heteroatoms. The number of carboxylic acid groups (broad SMARTS) is 1. The van der Waals surface area contributed by atoms with Crippen LogP contribution in [0.5, 0.6) is 0 Å². The summed E-state index contributed by atoms with van der Waals surface area (Å²) in [5, 5.41) is 7.76. The first-order chi connectivity index (χ1) is 2.27. The Labute approximate surface area is 62.0 Å². The van der Waals surface area contributed by atoms with Crippen LogP contribution in [0.25, 0.3) is 0 Å². The van der Waals surface area contributed by atoms with Crippen molar-refractivity contribution in [1.82, 2.24) is 0 Å². The molecule has 2 nitrogen and oxygen atoms in total. The van der Waals surface area contributed by atoms with E-state index in [2.05, 4.69) is 14.0 Å². The molecule has 0 aromatic rings. The van der Waals surface area contributed by atoms with E-state index >= 15 is 0 Å². The molecule has 0 bridgehead atoms. The zero-order chi connectivity index (χ0) is 4.28. The van der Waals surface area contributed by atoms with E-state index in [4.69, 9.17) is 5.11 Å². The molecule has 0 spiro atoms. The molecule has 0 saturated carbocycles. The Morgan fingerprint density at radius 3 is 2.00 bits per heavy atom. The van der Waals surface area contributed by atoms with Crippen molar-refractivity contribution in [2.24, 2.45) is 0 Å². The minimum absolute atomic E-state index is 0. The number of rotatable bonds is 1. The van der Waals surface area contributed by atoms with Crippen molar-refractivity contribution in [3.05, 3.63) is 0 Å². The maximum absolute atomic E-state index is 9.41. The summed E-state index contributed by atoms with van der Waals surface area (Å²) in [6.45, 7) is 0. The molecule has 1 atom stereocenters. The Bertz CT molecular complexity index is 48.8. The van der Waals surface area contributed by atoms with Crippen LogP contribution in [-0.4, -0.2) is 57.5 Å². The molecule has 1 N–H and O–H groups in total. The van der Waals surface area contributed by atoms with Gasteiger partial charge in [-0.15, -0.1) is 0 Å². The van der Waals surface area contributed by atoms with Gasteiger partial charge in [-0.25, -0.2) is 0 Å². The van der Waals surface area contributed by atoms with Gasteiger partial charge < -0.3 is 0 Å². The molecule has 0 aliphatic rings. The standard InChI is InChI=1S/CH3AsO2Se.Ga.3H/c3-1(4)2-5;;;;/h2,5H,(H,3,4);;;;. The van der Waals surface area contributed by atoms with Gasteiger partial charge in [-0.3, -0.25) is 0 Å². The summed E-state index contributed by atoms with van der Waals surface area (Å²) < 4.78 is -0.648. The summed E-state index contributed by atoms with van der Waals surface area (Å²) >= 11 is 1.39. The summed E-state index contributed by atoms with van der Waals surface area (Å²) in [6.07, 6.45) is 0. The third-order valence-corrected chi connectivity index (χ3v) is 2.58. The van der Waals surface area contributed by atoms with Crippen LogP contribution in [0.15, 0.2) is 0 Å². The average molecular weight is 274 g/mol. The second kappa shape index (κ2) is 6.18. The van der Waals surface area contributed by atoms with Crippen molar-refractivity contribution in [2.75, 3.05) is 0 Å². The molecule has 36 valence electrons. The van der Waals surface area contributed by atoms with Crippen molar-refractivity contribution >= 4 is 52.4 Å². The van der Waals surface area contributed by atoms with E-state index in [0.717, 1.165) is 0 Å². The van der Waals surface area contributed by atoms with Gasteiger partial charge in [0.1, 0.15) is 0 Å². The Hall–Kier alpha value is 1.18. The van der Waals surface area contributed by atoms with Gasteiger partial charge >= 0.3 is 62.3 Å². The van der Waals surface area contributed by atoms with Crippen molar-refractivity contribution in [1.29, 1.82) is 0 Å². The second-order valence-corrected chi connectivity index (χ2v) is 4.22. The Morgan fingerprint density at radius 1 is 1.83 bits per heavy atom. The quantitative estimate of drug-likeness (QED) is 0.547. The first kappa shape index (κ1) is 10.2. The molecule has 0 aromatic carbocycles. The predicted octanol–water partition coefficient (Wildman–Crippen LogP) is -2.27. The monoisotopic (exact) mass is 274 g/mol. The average Bonchev–Trinajstić information content (AvgIpc) is 1.38. The third-order valence-electron chi connectivity index (χ3n) is 0.0956. The van der Waals surface area contributed by atoms with Crippen LogP contribution in [-0.2, 0) is 0 Å². The van der Waals surface area contributed by atoms with Gasteiger partial charge in [-0.2, -0.15) is 0 Å². The molecule has 0 aromatic heterocycles. The number of hydrogen-bond acceptors (Lipinski definition) is 1. The van der Waals surface area contributed by atoms with Crippen molar-refractivity contribution < 1.29 is 9.90 Å². The van der Waals surface area contributed by atoms with Crippen molar-refractivity contribution in [2.45, 2.75) is 0 Å². The van der Waals surface area contributed by atoms with Gasteiger partial charge in [-0.1, -0.05) is 0 Å². The zero-order valence-corrected chi connectivity index (χ0v) is 6.28. The molecular weight excluding hydrogens is 268 g/mol. The van der Waals surface area contributed by atoms with E-state index in [9.17, 15) is 4.79 Å². The molecule has 0 rings (SSSR count). The van der Waals surface area contributed by atoms with Gasteiger partial charge in [0.05, 0.1) is 0 Å². The van der Waals surface area contributed by atoms with Gasteiger partial charge in [0.15, 0.2) is 0 Å². The summed E-state index contributed by atoms with van der Waals surface area (Å²) in [7, 11) is 0. The first-order valence-corrected chi connectivity index (χ1v) is 7.76. The fraction of sp³-hybridized carbons (Fsp3) is 0. The van der Waals surface area contributed by atoms with Crippen LogP contribution in [0, 0.1) is 0 Å². The van der Waals surface area contributed by atoms with E-state index in [1.165, 1.54) is 0 Å². The molecule has 6 heavy (non-hydrogen) atoms. The van der Waals surface area contributed by atoms with Crippen molar-refractivity contribution in [3.8, 4) is 0 Å². The number of carbonyl (C=O) groups is 1. The summed E-state index contributed by atoms with van der Waals surface area (Å²) in [4.78, 5) is 9.41. The van der Waals surface area contributed by atoms with E-state index in [-0.39, 0.29) is 19.8 Å². The fourth-order valence-corrected chi connectivity index (χ4v) is 0. The van der Waals surface area contributed by atoms with Crippen LogP contribution in [0.4, 0.5) is 4.79 Å². The molecule has 0 radical (unpaired) electrons. The second-order valence-electron chi connectivity index (χ2n) is 0.417.